The summed E-state index contributed by atoms with van der Waals surface area (Å²) >= 11 is 0. The summed E-state index contributed by atoms with van der Waals surface area (Å²) in [4.78, 5) is 25.2. The molecule has 0 radical (unpaired) electrons. The van der Waals surface area contributed by atoms with Gasteiger partial charge in [-0.3, -0.25) is 4.79 Å². The molecule has 1 aromatic carbocycles. The number of amides is 3. The number of carbonyl (C=O) groups excluding carboxylic acids is 2. The highest BCUT2D eigenvalue weighted by Gasteiger charge is 2.27. The van der Waals surface area contributed by atoms with Gasteiger partial charge in [0.1, 0.15) is 0 Å². The second-order valence-electron chi connectivity index (χ2n) is 7.24. The predicted octanol–water partition coefficient (Wildman–Crippen LogP) is 2.72. The Morgan fingerprint density at radius 2 is 2.04 bits per heavy atom. The van der Waals surface area contributed by atoms with Crippen molar-refractivity contribution in [2.45, 2.75) is 32.1 Å². The fraction of sp³-hybridized carbons (Fsp3) is 0.579. The van der Waals surface area contributed by atoms with Gasteiger partial charge in [0.05, 0.1) is 0 Å². The largest absolute Gasteiger partial charge is 0.356 e. The smallest absolute Gasteiger partial charge is 0.317 e. The molecule has 3 rings (SSSR count). The van der Waals surface area contributed by atoms with Crippen molar-refractivity contribution in [2.24, 2.45) is 11.8 Å². The van der Waals surface area contributed by atoms with Gasteiger partial charge in [0.15, 0.2) is 0 Å². The maximum Gasteiger partial charge on any atom is 0.317 e. The van der Waals surface area contributed by atoms with E-state index in [9.17, 15) is 18.4 Å². The molecule has 142 valence electrons. The van der Waals surface area contributed by atoms with Crippen molar-refractivity contribution in [3.05, 3.63) is 35.4 Å². The molecule has 2 fully saturated rings. The molecule has 26 heavy (non-hydrogen) atoms. The van der Waals surface area contributed by atoms with E-state index >= 15 is 0 Å². The lowest BCUT2D eigenvalue weighted by atomic mass is 9.98. The van der Waals surface area contributed by atoms with E-state index in [0.717, 1.165) is 31.4 Å². The third-order valence-electron chi connectivity index (χ3n) is 5.22. The summed E-state index contributed by atoms with van der Waals surface area (Å²) in [6.07, 6.45) is 0.631. The first-order valence-electron chi connectivity index (χ1n) is 9.17. The first-order chi connectivity index (χ1) is 12.5. The van der Waals surface area contributed by atoms with Crippen LogP contribution >= 0.6 is 0 Å². The van der Waals surface area contributed by atoms with E-state index in [1.54, 1.807) is 12.1 Å². The van der Waals surface area contributed by atoms with Crippen molar-refractivity contribution in [2.75, 3.05) is 26.2 Å². The molecule has 2 atom stereocenters. The van der Waals surface area contributed by atoms with E-state index in [1.165, 1.54) is 12.1 Å². The summed E-state index contributed by atoms with van der Waals surface area (Å²) in [5.41, 5.74) is 1.07. The Labute approximate surface area is 152 Å². The number of carbonyl (C=O) groups is 2. The molecule has 5 nitrogen and oxygen atoms in total. The molecule has 2 aliphatic rings. The van der Waals surface area contributed by atoms with Crippen molar-refractivity contribution < 1.29 is 18.4 Å². The third-order valence-corrected chi connectivity index (χ3v) is 5.22. The van der Waals surface area contributed by atoms with E-state index in [1.807, 2.05) is 4.90 Å². The number of urea groups is 1. The Balaban J connectivity index is 1.38. The third kappa shape index (κ3) is 4.93. The molecule has 3 amide bonds. The van der Waals surface area contributed by atoms with E-state index in [0.29, 0.717) is 37.9 Å². The molecule has 7 heteroatoms. The van der Waals surface area contributed by atoms with Crippen molar-refractivity contribution in [3.63, 3.8) is 0 Å². The number of alkyl halides is 2. The van der Waals surface area contributed by atoms with Gasteiger partial charge < -0.3 is 15.5 Å². The monoisotopic (exact) mass is 365 g/mol. The van der Waals surface area contributed by atoms with E-state index in [4.69, 9.17) is 0 Å². The lowest BCUT2D eigenvalue weighted by Gasteiger charge is -2.18. The number of benzene rings is 1. The number of hydrogen-bond donors (Lipinski definition) is 2. The fourth-order valence-corrected chi connectivity index (χ4v) is 3.68. The van der Waals surface area contributed by atoms with Gasteiger partial charge >= 0.3 is 6.03 Å². The van der Waals surface area contributed by atoms with Gasteiger partial charge in [-0.2, -0.15) is 0 Å². The van der Waals surface area contributed by atoms with Crippen molar-refractivity contribution in [1.29, 1.82) is 0 Å². The SMILES string of the molecule is O=C1CC(CCNC(=O)N2CCC(Cc3ccc(C(F)F)cc3)C2)CN1. The maximum atomic E-state index is 12.6. The van der Waals surface area contributed by atoms with Crippen LogP contribution in [0.25, 0.3) is 0 Å². The van der Waals surface area contributed by atoms with Crippen LogP contribution < -0.4 is 10.6 Å². The van der Waals surface area contributed by atoms with Crippen LogP contribution in [0.2, 0.25) is 0 Å². The van der Waals surface area contributed by atoms with Crippen molar-refractivity contribution in [1.82, 2.24) is 15.5 Å². The zero-order chi connectivity index (χ0) is 18.5. The quantitative estimate of drug-likeness (QED) is 0.814. The maximum absolute atomic E-state index is 12.6. The fourth-order valence-electron chi connectivity index (χ4n) is 3.68. The zero-order valence-corrected chi connectivity index (χ0v) is 14.7. The molecule has 0 spiro atoms. The van der Waals surface area contributed by atoms with Crippen LogP contribution in [0.3, 0.4) is 0 Å². The average Bonchev–Trinajstić information content (AvgIpc) is 3.24. The number of hydrogen-bond acceptors (Lipinski definition) is 2. The van der Waals surface area contributed by atoms with E-state index < -0.39 is 6.43 Å². The molecule has 2 aliphatic heterocycles. The van der Waals surface area contributed by atoms with Crippen LogP contribution in [-0.4, -0.2) is 43.0 Å². The van der Waals surface area contributed by atoms with Crippen LogP contribution in [0.15, 0.2) is 24.3 Å². The molecular weight excluding hydrogens is 340 g/mol. The van der Waals surface area contributed by atoms with Crippen molar-refractivity contribution in [3.8, 4) is 0 Å². The number of nitrogens with zero attached hydrogens (tertiary/aromatic N) is 1. The average molecular weight is 365 g/mol. The van der Waals surface area contributed by atoms with Gasteiger partial charge in [-0.1, -0.05) is 24.3 Å². The Bertz CT molecular complexity index is 636. The van der Waals surface area contributed by atoms with Gasteiger partial charge in [0.25, 0.3) is 6.43 Å². The van der Waals surface area contributed by atoms with E-state index in [2.05, 4.69) is 10.6 Å². The second-order valence-corrected chi connectivity index (χ2v) is 7.24. The summed E-state index contributed by atoms with van der Waals surface area (Å²) < 4.78 is 25.2. The summed E-state index contributed by atoms with van der Waals surface area (Å²) in [6.45, 7) is 2.68. The zero-order valence-electron chi connectivity index (χ0n) is 14.7. The van der Waals surface area contributed by atoms with Crippen LogP contribution in [0.4, 0.5) is 13.6 Å². The minimum atomic E-state index is -2.44. The molecule has 2 N–H and O–H groups in total. The predicted molar refractivity (Wildman–Crippen MR) is 93.9 cm³/mol. The lowest BCUT2D eigenvalue weighted by molar-refractivity contribution is -0.119. The number of likely N-dealkylation sites (tertiary alicyclic amines) is 1. The van der Waals surface area contributed by atoms with Crippen LogP contribution in [-0.2, 0) is 11.2 Å². The standard InChI is InChI=1S/C19H25F2N3O2/c20-18(21)16-3-1-13(2-4-16)9-15-6-8-24(12-15)19(26)22-7-5-14-10-17(25)23-11-14/h1-4,14-15,18H,5-12H2,(H,22,26)(H,23,25). The lowest BCUT2D eigenvalue weighted by Crippen LogP contribution is -2.39. The Hall–Kier alpha value is -2.18. The minimum absolute atomic E-state index is 0.0420. The molecule has 0 aliphatic carbocycles. The topological polar surface area (TPSA) is 61.4 Å². The molecule has 2 heterocycles. The highest BCUT2D eigenvalue weighted by molar-refractivity contribution is 5.78. The Morgan fingerprint density at radius 1 is 1.27 bits per heavy atom. The van der Waals surface area contributed by atoms with Gasteiger partial charge in [0.2, 0.25) is 5.91 Å². The number of rotatable bonds is 6. The van der Waals surface area contributed by atoms with E-state index in [-0.39, 0.29) is 17.5 Å². The van der Waals surface area contributed by atoms with Gasteiger partial charge in [0, 0.05) is 38.2 Å². The van der Waals surface area contributed by atoms with Crippen molar-refractivity contribution >= 4 is 11.9 Å². The highest BCUT2D eigenvalue weighted by atomic mass is 19.3. The summed E-state index contributed by atoms with van der Waals surface area (Å²) in [6, 6.07) is 6.39. The number of nitrogens with one attached hydrogen (secondary N) is 2. The first kappa shape index (κ1) is 18.6. The van der Waals surface area contributed by atoms with Crippen LogP contribution in [0, 0.1) is 11.8 Å². The summed E-state index contributed by atoms with van der Waals surface area (Å²) in [7, 11) is 0. The van der Waals surface area contributed by atoms with Gasteiger partial charge in [-0.15, -0.1) is 0 Å². The molecule has 0 aromatic heterocycles. The summed E-state index contributed by atoms with van der Waals surface area (Å²) in [5.74, 6) is 0.755. The molecule has 2 saturated heterocycles. The van der Waals surface area contributed by atoms with Crippen LogP contribution in [0.5, 0.6) is 0 Å². The molecule has 1 aromatic rings. The highest BCUT2D eigenvalue weighted by Crippen LogP contribution is 2.23. The molecule has 2 unspecified atom stereocenters. The normalized spacial score (nSPS) is 22.7. The van der Waals surface area contributed by atoms with Gasteiger partial charge in [-0.25, -0.2) is 13.6 Å². The first-order valence-corrected chi connectivity index (χ1v) is 9.17. The molecular formula is C19H25F2N3O2. The minimum Gasteiger partial charge on any atom is -0.356 e. The number of halogens is 2. The Morgan fingerprint density at radius 3 is 2.69 bits per heavy atom. The van der Waals surface area contributed by atoms with Gasteiger partial charge in [-0.05, 0) is 36.7 Å². The Kier molecular flexibility index (Phi) is 6.06. The van der Waals surface area contributed by atoms with Crippen LogP contribution in [0.1, 0.15) is 36.8 Å². The summed E-state index contributed by atoms with van der Waals surface area (Å²) in [5, 5.41) is 5.73. The molecule has 0 bridgehead atoms. The second kappa shape index (κ2) is 8.47. The molecule has 0 saturated carbocycles.